The van der Waals surface area contributed by atoms with E-state index in [1.807, 2.05) is 0 Å². The first-order valence-corrected chi connectivity index (χ1v) is 7.52. The van der Waals surface area contributed by atoms with Gasteiger partial charge in [-0.15, -0.1) is 0 Å². The van der Waals surface area contributed by atoms with E-state index >= 15 is 0 Å². The maximum Gasteiger partial charge on any atom is 0.0465 e. The third-order valence-corrected chi connectivity index (χ3v) is 4.24. The van der Waals surface area contributed by atoms with Crippen molar-refractivity contribution in [3.63, 3.8) is 0 Å². The molecule has 17 heavy (non-hydrogen) atoms. The van der Waals surface area contributed by atoms with Gasteiger partial charge < -0.3 is 10.1 Å². The van der Waals surface area contributed by atoms with Gasteiger partial charge in [0.1, 0.15) is 0 Å². The summed E-state index contributed by atoms with van der Waals surface area (Å²) < 4.78 is 5.23. The summed E-state index contributed by atoms with van der Waals surface area (Å²) in [5.74, 6) is 1.63. The number of methoxy groups -OCH3 is 1. The summed E-state index contributed by atoms with van der Waals surface area (Å²) in [5.41, 5.74) is 0. The largest absolute Gasteiger partial charge is 0.385 e. The Kier molecular flexibility index (Phi) is 7.87. The molecule has 2 atom stereocenters. The van der Waals surface area contributed by atoms with Crippen molar-refractivity contribution >= 4 is 0 Å². The molecule has 1 N–H and O–H groups in total. The third-order valence-electron chi connectivity index (χ3n) is 4.24. The zero-order chi connectivity index (χ0) is 12.5. The van der Waals surface area contributed by atoms with Crippen LogP contribution in [0.5, 0.6) is 0 Å². The van der Waals surface area contributed by atoms with Crippen LogP contribution >= 0.6 is 0 Å². The lowest BCUT2D eigenvalue weighted by Crippen LogP contribution is -2.41. The first kappa shape index (κ1) is 15.0. The Labute approximate surface area is 108 Å². The molecule has 1 aliphatic carbocycles. The van der Waals surface area contributed by atoms with E-state index in [1.54, 1.807) is 7.11 Å². The van der Waals surface area contributed by atoms with Gasteiger partial charge in [0.2, 0.25) is 0 Å². The summed E-state index contributed by atoms with van der Waals surface area (Å²) in [6, 6.07) is 0.702. The Morgan fingerprint density at radius 1 is 1.18 bits per heavy atom. The van der Waals surface area contributed by atoms with E-state index in [4.69, 9.17) is 4.74 Å². The van der Waals surface area contributed by atoms with E-state index in [-0.39, 0.29) is 0 Å². The molecule has 0 aromatic heterocycles. The van der Waals surface area contributed by atoms with Crippen LogP contribution in [0, 0.1) is 11.8 Å². The first-order chi connectivity index (χ1) is 8.29. The van der Waals surface area contributed by atoms with Crippen molar-refractivity contribution in [2.24, 2.45) is 11.8 Å². The maximum atomic E-state index is 5.23. The molecule has 2 nitrogen and oxygen atoms in total. The molecule has 0 amide bonds. The monoisotopic (exact) mass is 241 g/mol. The van der Waals surface area contributed by atoms with Crippen LogP contribution in [0.1, 0.15) is 58.8 Å². The van der Waals surface area contributed by atoms with Gasteiger partial charge in [-0.2, -0.15) is 0 Å². The van der Waals surface area contributed by atoms with Crippen molar-refractivity contribution in [3.8, 4) is 0 Å². The van der Waals surface area contributed by atoms with Crippen molar-refractivity contribution in [3.05, 3.63) is 0 Å². The Hall–Kier alpha value is -0.0800. The fraction of sp³-hybridized carbons (Fsp3) is 1.00. The van der Waals surface area contributed by atoms with E-state index in [2.05, 4.69) is 19.2 Å². The quantitative estimate of drug-likeness (QED) is 0.688. The molecule has 0 bridgehead atoms. The summed E-state index contributed by atoms with van der Waals surface area (Å²) in [4.78, 5) is 0. The van der Waals surface area contributed by atoms with Crippen LogP contribution in [0.25, 0.3) is 0 Å². The van der Waals surface area contributed by atoms with E-state index in [0.717, 1.165) is 25.0 Å². The van der Waals surface area contributed by atoms with Gasteiger partial charge in [0, 0.05) is 19.8 Å². The molecular formula is C15H31NO. The van der Waals surface area contributed by atoms with Crippen molar-refractivity contribution in [2.45, 2.75) is 64.8 Å². The molecule has 1 aliphatic rings. The smallest absolute Gasteiger partial charge is 0.0465 e. The van der Waals surface area contributed by atoms with Crippen LogP contribution in [0.15, 0.2) is 0 Å². The zero-order valence-electron chi connectivity index (χ0n) is 12.0. The summed E-state index contributed by atoms with van der Waals surface area (Å²) in [5, 5.41) is 3.73. The van der Waals surface area contributed by atoms with Crippen molar-refractivity contribution in [1.82, 2.24) is 5.32 Å². The molecule has 0 aromatic carbocycles. The molecule has 0 aromatic rings. The number of hydrogen-bond donors (Lipinski definition) is 1. The van der Waals surface area contributed by atoms with E-state index < -0.39 is 0 Å². The number of nitrogens with one attached hydrogen (secondary N) is 1. The average molecular weight is 241 g/mol. The Bertz CT molecular complexity index is 176. The second-order valence-corrected chi connectivity index (χ2v) is 5.59. The maximum absolute atomic E-state index is 5.23. The number of hydrogen-bond acceptors (Lipinski definition) is 2. The molecule has 1 rings (SSSR count). The highest BCUT2D eigenvalue weighted by Gasteiger charge is 2.26. The van der Waals surface area contributed by atoms with Crippen molar-refractivity contribution in [1.29, 1.82) is 0 Å². The normalized spacial score (nSPS) is 22.1. The lowest BCUT2D eigenvalue weighted by molar-refractivity contribution is 0.154. The Morgan fingerprint density at radius 2 is 1.82 bits per heavy atom. The summed E-state index contributed by atoms with van der Waals surface area (Å²) in [6.07, 6.45) is 9.80. The van der Waals surface area contributed by atoms with Gasteiger partial charge in [-0.05, 0) is 37.6 Å². The minimum absolute atomic E-state index is 0.702. The highest BCUT2D eigenvalue weighted by molar-refractivity contribution is 4.82. The second-order valence-electron chi connectivity index (χ2n) is 5.59. The topological polar surface area (TPSA) is 21.3 Å². The highest BCUT2D eigenvalue weighted by atomic mass is 16.5. The fourth-order valence-electron chi connectivity index (χ4n) is 3.22. The SMILES string of the molecule is CCNC(C(C)CCOC)C1CCCCCC1. The molecule has 2 heteroatoms. The van der Waals surface area contributed by atoms with Crippen LogP contribution < -0.4 is 5.32 Å². The van der Waals surface area contributed by atoms with E-state index in [0.29, 0.717) is 6.04 Å². The first-order valence-electron chi connectivity index (χ1n) is 7.52. The molecule has 0 saturated heterocycles. The minimum atomic E-state index is 0.702. The zero-order valence-corrected chi connectivity index (χ0v) is 12.0. The molecule has 1 saturated carbocycles. The summed E-state index contributed by atoms with van der Waals surface area (Å²) in [7, 11) is 1.81. The molecule has 0 radical (unpaired) electrons. The van der Waals surface area contributed by atoms with Crippen LogP contribution in [0.3, 0.4) is 0 Å². The Balaban J connectivity index is 2.49. The van der Waals surface area contributed by atoms with Crippen molar-refractivity contribution in [2.75, 3.05) is 20.3 Å². The molecule has 102 valence electrons. The summed E-state index contributed by atoms with van der Waals surface area (Å²) in [6.45, 7) is 6.61. The van der Waals surface area contributed by atoms with Crippen molar-refractivity contribution < 1.29 is 4.74 Å². The van der Waals surface area contributed by atoms with Gasteiger partial charge in [0.25, 0.3) is 0 Å². The predicted octanol–water partition coefficient (Wildman–Crippen LogP) is 3.61. The van der Waals surface area contributed by atoms with Gasteiger partial charge in [0.05, 0.1) is 0 Å². The van der Waals surface area contributed by atoms with Crippen LogP contribution in [0.4, 0.5) is 0 Å². The van der Waals surface area contributed by atoms with Gasteiger partial charge in [-0.25, -0.2) is 0 Å². The van der Waals surface area contributed by atoms with Gasteiger partial charge in [-0.1, -0.05) is 39.5 Å². The molecular weight excluding hydrogens is 210 g/mol. The lowest BCUT2D eigenvalue weighted by Gasteiger charge is -2.32. The molecule has 0 aliphatic heterocycles. The van der Waals surface area contributed by atoms with Gasteiger partial charge >= 0.3 is 0 Å². The lowest BCUT2D eigenvalue weighted by atomic mass is 9.83. The molecule has 1 fully saturated rings. The van der Waals surface area contributed by atoms with Gasteiger partial charge in [-0.3, -0.25) is 0 Å². The average Bonchev–Trinajstić information content (AvgIpc) is 2.61. The van der Waals surface area contributed by atoms with Crippen LogP contribution in [-0.2, 0) is 4.74 Å². The molecule has 2 unspecified atom stereocenters. The van der Waals surface area contributed by atoms with E-state index in [9.17, 15) is 0 Å². The molecule has 0 heterocycles. The van der Waals surface area contributed by atoms with Crippen LogP contribution in [-0.4, -0.2) is 26.3 Å². The minimum Gasteiger partial charge on any atom is -0.385 e. The summed E-state index contributed by atoms with van der Waals surface area (Å²) >= 11 is 0. The Morgan fingerprint density at radius 3 is 2.35 bits per heavy atom. The predicted molar refractivity (Wildman–Crippen MR) is 74.3 cm³/mol. The second kappa shape index (κ2) is 8.93. The molecule has 0 spiro atoms. The van der Waals surface area contributed by atoms with Crippen LogP contribution in [0.2, 0.25) is 0 Å². The highest BCUT2D eigenvalue weighted by Crippen LogP contribution is 2.29. The third kappa shape index (κ3) is 5.39. The standard InChI is InChI=1S/C15H31NO/c1-4-16-15(13(2)11-12-17-3)14-9-7-5-6-8-10-14/h13-16H,4-12H2,1-3H3. The number of ether oxygens (including phenoxy) is 1. The fourth-order valence-corrected chi connectivity index (χ4v) is 3.22. The van der Waals surface area contributed by atoms with Gasteiger partial charge in [0.15, 0.2) is 0 Å². The van der Waals surface area contributed by atoms with E-state index in [1.165, 1.54) is 44.9 Å². The number of rotatable bonds is 7.